The first kappa shape index (κ1) is 14.3. The van der Waals surface area contributed by atoms with Crippen LogP contribution in [0.5, 0.6) is 0 Å². The van der Waals surface area contributed by atoms with Crippen LogP contribution >= 0.6 is 27.5 Å². The molecule has 1 fully saturated rings. The highest BCUT2D eigenvalue weighted by molar-refractivity contribution is 9.10. The zero-order chi connectivity index (χ0) is 13.3. The number of sulfonamides is 1. The maximum absolute atomic E-state index is 12.6. The van der Waals surface area contributed by atoms with Gasteiger partial charge in [0.25, 0.3) is 0 Å². The second-order valence-corrected chi connectivity index (χ2v) is 7.31. The molecule has 1 unspecified atom stereocenters. The number of nitrogens with one attached hydrogen (secondary N) is 1. The third-order valence-electron chi connectivity index (χ3n) is 2.94. The topological polar surface area (TPSA) is 49.4 Å². The molecule has 0 saturated carbocycles. The minimum Gasteiger partial charge on any atom is -0.314 e. The highest BCUT2D eigenvalue weighted by Gasteiger charge is 2.32. The minimum absolute atomic E-state index is 0.0706. The van der Waals surface area contributed by atoms with Gasteiger partial charge in [0, 0.05) is 30.1 Å². The summed E-state index contributed by atoms with van der Waals surface area (Å²) >= 11 is 9.33. The Bertz CT molecular complexity index is 550. The smallest absolute Gasteiger partial charge is 0.244 e. The molecule has 18 heavy (non-hydrogen) atoms. The van der Waals surface area contributed by atoms with E-state index in [1.165, 1.54) is 10.4 Å². The fourth-order valence-corrected chi connectivity index (χ4v) is 4.62. The molecule has 1 aliphatic heterocycles. The maximum atomic E-state index is 12.6. The molecule has 2 rings (SSSR count). The highest BCUT2D eigenvalue weighted by atomic mass is 79.9. The summed E-state index contributed by atoms with van der Waals surface area (Å²) in [5.74, 6) is 0. The Morgan fingerprint density at radius 2 is 2.22 bits per heavy atom. The Kier molecular flexibility index (Phi) is 4.33. The van der Waals surface area contributed by atoms with Crippen LogP contribution in [0.2, 0.25) is 5.02 Å². The second-order valence-electron chi connectivity index (χ2n) is 4.22. The Morgan fingerprint density at radius 1 is 1.50 bits per heavy atom. The lowest BCUT2D eigenvalue weighted by Gasteiger charge is -2.33. The molecule has 1 aliphatic rings. The third kappa shape index (κ3) is 2.58. The molecule has 1 aromatic carbocycles. The fourth-order valence-electron chi connectivity index (χ4n) is 1.99. The molecule has 1 saturated heterocycles. The summed E-state index contributed by atoms with van der Waals surface area (Å²) in [7, 11) is -3.53. The third-order valence-corrected chi connectivity index (χ3v) is 6.41. The Morgan fingerprint density at radius 3 is 2.89 bits per heavy atom. The first-order valence-electron chi connectivity index (χ1n) is 5.61. The van der Waals surface area contributed by atoms with Crippen molar-refractivity contribution in [1.82, 2.24) is 9.62 Å². The molecule has 1 aromatic rings. The monoisotopic (exact) mass is 352 g/mol. The zero-order valence-electron chi connectivity index (χ0n) is 9.86. The van der Waals surface area contributed by atoms with Crippen molar-refractivity contribution in [2.24, 2.45) is 0 Å². The zero-order valence-corrected chi connectivity index (χ0v) is 13.0. The van der Waals surface area contributed by atoms with Crippen molar-refractivity contribution < 1.29 is 8.42 Å². The van der Waals surface area contributed by atoms with Crippen molar-refractivity contribution in [3.05, 3.63) is 27.7 Å². The molecule has 1 heterocycles. The van der Waals surface area contributed by atoms with E-state index in [2.05, 4.69) is 21.2 Å². The van der Waals surface area contributed by atoms with Gasteiger partial charge >= 0.3 is 0 Å². The van der Waals surface area contributed by atoms with Crippen LogP contribution in [0.1, 0.15) is 6.92 Å². The molecule has 0 radical (unpaired) electrons. The number of piperazine rings is 1. The van der Waals surface area contributed by atoms with E-state index < -0.39 is 10.0 Å². The largest absolute Gasteiger partial charge is 0.314 e. The number of rotatable bonds is 2. The average Bonchev–Trinajstić information content (AvgIpc) is 2.32. The number of hydrogen-bond acceptors (Lipinski definition) is 3. The first-order valence-corrected chi connectivity index (χ1v) is 8.22. The summed E-state index contributed by atoms with van der Waals surface area (Å²) in [6, 6.07) is 4.87. The van der Waals surface area contributed by atoms with Crippen molar-refractivity contribution >= 4 is 37.6 Å². The van der Waals surface area contributed by atoms with Crippen LogP contribution in [0.4, 0.5) is 0 Å². The lowest BCUT2D eigenvalue weighted by Crippen LogP contribution is -2.52. The predicted molar refractivity (Wildman–Crippen MR) is 75.4 cm³/mol. The van der Waals surface area contributed by atoms with E-state index in [-0.39, 0.29) is 16.0 Å². The maximum Gasteiger partial charge on any atom is 0.244 e. The second kappa shape index (κ2) is 5.46. The molecule has 4 nitrogen and oxygen atoms in total. The molecule has 0 aliphatic carbocycles. The van der Waals surface area contributed by atoms with Gasteiger partial charge in [-0.25, -0.2) is 8.42 Å². The van der Waals surface area contributed by atoms with Crippen molar-refractivity contribution in [3.63, 3.8) is 0 Å². The Labute approximate surface area is 120 Å². The summed E-state index contributed by atoms with van der Waals surface area (Å²) in [6.07, 6.45) is 0. The quantitative estimate of drug-likeness (QED) is 0.885. The lowest BCUT2D eigenvalue weighted by molar-refractivity contribution is 0.284. The van der Waals surface area contributed by atoms with E-state index in [4.69, 9.17) is 11.6 Å². The van der Waals surface area contributed by atoms with Gasteiger partial charge in [-0.2, -0.15) is 4.31 Å². The predicted octanol–water partition coefficient (Wildman–Crippen LogP) is 2.08. The van der Waals surface area contributed by atoms with Crippen LogP contribution in [-0.2, 0) is 10.0 Å². The molecule has 0 bridgehead atoms. The van der Waals surface area contributed by atoms with Crippen LogP contribution in [0.15, 0.2) is 27.6 Å². The van der Waals surface area contributed by atoms with E-state index in [1.54, 1.807) is 12.1 Å². The molecule has 1 atom stereocenters. The Hall–Kier alpha value is -0.140. The van der Waals surface area contributed by atoms with E-state index in [0.717, 1.165) is 0 Å². The molecular weight excluding hydrogens is 340 g/mol. The summed E-state index contributed by atoms with van der Waals surface area (Å²) in [4.78, 5) is 0.160. The van der Waals surface area contributed by atoms with Gasteiger partial charge in [-0.1, -0.05) is 17.7 Å². The van der Waals surface area contributed by atoms with Gasteiger partial charge in [-0.05, 0) is 35.0 Å². The van der Waals surface area contributed by atoms with E-state index in [0.29, 0.717) is 24.1 Å². The van der Waals surface area contributed by atoms with Crippen LogP contribution in [0.3, 0.4) is 0 Å². The minimum atomic E-state index is -3.53. The normalized spacial score (nSPS) is 22.1. The van der Waals surface area contributed by atoms with Gasteiger partial charge in [-0.3, -0.25) is 0 Å². The Balaban J connectivity index is 2.44. The summed E-state index contributed by atoms with van der Waals surface area (Å²) < 4.78 is 27.2. The van der Waals surface area contributed by atoms with Crippen LogP contribution in [-0.4, -0.2) is 38.4 Å². The van der Waals surface area contributed by atoms with Crippen molar-refractivity contribution in [1.29, 1.82) is 0 Å². The van der Waals surface area contributed by atoms with E-state index in [1.807, 2.05) is 6.92 Å². The standard InChI is InChI=1S/C11H14BrClN2O2S/c1-8-7-14-5-6-15(8)18(16,17)10-4-2-3-9(12)11(10)13/h2-4,8,14H,5-7H2,1H3. The molecule has 100 valence electrons. The fraction of sp³-hybridized carbons (Fsp3) is 0.455. The average molecular weight is 354 g/mol. The summed E-state index contributed by atoms with van der Waals surface area (Å²) in [6.45, 7) is 3.67. The van der Waals surface area contributed by atoms with Crippen molar-refractivity contribution in [2.75, 3.05) is 19.6 Å². The molecule has 0 aromatic heterocycles. The molecule has 0 amide bonds. The molecule has 7 heteroatoms. The van der Waals surface area contributed by atoms with Gasteiger partial charge in [0.15, 0.2) is 0 Å². The van der Waals surface area contributed by atoms with Gasteiger partial charge in [0.1, 0.15) is 4.90 Å². The molecular formula is C11H14BrClN2O2S. The molecule has 1 N–H and O–H groups in total. The van der Waals surface area contributed by atoms with Crippen LogP contribution in [0.25, 0.3) is 0 Å². The number of hydrogen-bond donors (Lipinski definition) is 1. The summed E-state index contributed by atoms with van der Waals surface area (Å²) in [5.41, 5.74) is 0. The highest BCUT2D eigenvalue weighted by Crippen LogP contribution is 2.31. The van der Waals surface area contributed by atoms with Gasteiger partial charge in [-0.15, -0.1) is 0 Å². The summed E-state index contributed by atoms with van der Waals surface area (Å²) in [5, 5.41) is 3.40. The van der Waals surface area contributed by atoms with Crippen LogP contribution in [0, 0.1) is 0 Å². The van der Waals surface area contributed by atoms with E-state index in [9.17, 15) is 8.42 Å². The lowest BCUT2D eigenvalue weighted by atomic mass is 10.3. The van der Waals surface area contributed by atoms with Crippen molar-refractivity contribution in [2.45, 2.75) is 17.9 Å². The number of nitrogens with zero attached hydrogens (tertiary/aromatic N) is 1. The van der Waals surface area contributed by atoms with Gasteiger partial charge in [0.2, 0.25) is 10.0 Å². The first-order chi connectivity index (χ1) is 8.44. The van der Waals surface area contributed by atoms with Crippen LogP contribution < -0.4 is 5.32 Å². The van der Waals surface area contributed by atoms with E-state index >= 15 is 0 Å². The molecule has 0 spiro atoms. The SMILES string of the molecule is CC1CNCCN1S(=O)(=O)c1cccc(Br)c1Cl. The van der Waals surface area contributed by atoms with Gasteiger partial charge in [0.05, 0.1) is 5.02 Å². The number of halogens is 2. The van der Waals surface area contributed by atoms with Crippen molar-refractivity contribution in [3.8, 4) is 0 Å². The number of benzene rings is 1. The van der Waals surface area contributed by atoms with Gasteiger partial charge < -0.3 is 5.32 Å².